The summed E-state index contributed by atoms with van der Waals surface area (Å²) in [6.45, 7) is 6.77. The molecule has 1 heterocycles. The first kappa shape index (κ1) is 14.9. The Morgan fingerprint density at radius 1 is 1.32 bits per heavy atom. The van der Waals surface area contributed by atoms with Crippen LogP contribution in [0.5, 0.6) is 0 Å². The third-order valence-corrected chi connectivity index (χ3v) is 4.75. The van der Waals surface area contributed by atoms with Gasteiger partial charge in [0.25, 0.3) is 0 Å². The van der Waals surface area contributed by atoms with Crippen molar-refractivity contribution in [3.8, 4) is 0 Å². The van der Waals surface area contributed by atoms with Crippen LogP contribution in [-0.2, 0) is 12.0 Å². The number of alkyl halides is 1. The number of aryl methyl sites for hydroxylation is 1. The molecule has 0 unspecified atom stereocenters. The lowest BCUT2D eigenvalue weighted by molar-refractivity contribution is 0.294. The highest BCUT2D eigenvalue weighted by Gasteiger charge is 2.27. The number of fused-ring (bicyclic) bond motifs is 1. The molecule has 0 amide bonds. The van der Waals surface area contributed by atoms with E-state index >= 15 is 0 Å². The smallest absolute Gasteiger partial charge is 0.111 e. The average Bonchev–Trinajstić information content (AvgIpc) is 2.76. The molecular formula is C15H20BrClN2. The highest BCUT2D eigenvalue weighted by molar-refractivity contribution is 9.10. The van der Waals surface area contributed by atoms with Gasteiger partial charge >= 0.3 is 0 Å². The SMILES string of the molecule is CCC(C)(CC)n1c(CCCl)nc2ccc(Br)cc21. The summed E-state index contributed by atoms with van der Waals surface area (Å²) in [5.41, 5.74) is 2.34. The summed E-state index contributed by atoms with van der Waals surface area (Å²) < 4.78 is 3.48. The minimum atomic E-state index is 0.0942. The molecule has 2 nitrogen and oxygen atoms in total. The van der Waals surface area contributed by atoms with Crippen LogP contribution in [0.4, 0.5) is 0 Å². The Bertz CT molecular complexity index is 573. The maximum Gasteiger partial charge on any atom is 0.111 e. The van der Waals surface area contributed by atoms with Crippen molar-refractivity contribution in [1.82, 2.24) is 9.55 Å². The fourth-order valence-corrected chi connectivity index (χ4v) is 3.04. The third-order valence-electron chi connectivity index (χ3n) is 4.07. The van der Waals surface area contributed by atoms with Gasteiger partial charge in [-0.3, -0.25) is 0 Å². The number of aromatic nitrogens is 2. The molecule has 0 saturated heterocycles. The standard InChI is InChI=1S/C15H20BrClN2/c1-4-15(3,5-2)19-13-10-11(16)6-7-12(13)18-14(19)8-9-17/h6-7,10H,4-5,8-9H2,1-3H3. The molecule has 0 saturated carbocycles. The summed E-state index contributed by atoms with van der Waals surface area (Å²) >= 11 is 9.50. The van der Waals surface area contributed by atoms with Gasteiger partial charge in [-0.2, -0.15) is 0 Å². The van der Waals surface area contributed by atoms with Gasteiger partial charge in [-0.05, 0) is 38.0 Å². The van der Waals surface area contributed by atoms with Crippen molar-refractivity contribution in [1.29, 1.82) is 0 Å². The molecule has 0 aliphatic carbocycles. The van der Waals surface area contributed by atoms with Crippen LogP contribution in [0.1, 0.15) is 39.4 Å². The second-order valence-electron chi connectivity index (χ2n) is 5.14. The number of hydrogen-bond donors (Lipinski definition) is 0. The van der Waals surface area contributed by atoms with Crippen LogP contribution >= 0.6 is 27.5 Å². The highest BCUT2D eigenvalue weighted by atomic mass is 79.9. The van der Waals surface area contributed by atoms with E-state index in [9.17, 15) is 0 Å². The molecule has 0 aliphatic rings. The molecule has 2 rings (SSSR count). The van der Waals surface area contributed by atoms with E-state index in [1.807, 2.05) is 6.07 Å². The molecule has 0 N–H and O–H groups in total. The lowest BCUT2D eigenvalue weighted by Crippen LogP contribution is -2.30. The van der Waals surface area contributed by atoms with E-state index in [2.05, 4.69) is 53.4 Å². The lowest BCUT2D eigenvalue weighted by atomic mass is 9.94. The minimum Gasteiger partial charge on any atom is -0.322 e. The Morgan fingerprint density at radius 2 is 2.00 bits per heavy atom. The van der Waals surface area contributed by atoms with Crippen LogP contribution in [0.25, 0.3) is 11.0 Å². The quantitative estimate of drug-likeness (QED) is 0.689. The number of rotatable bonds is 5. The van der Waals surface area contributed by atoms with Crippen molar-refractivity contribution in [3.05, 3.63) is 28.5 Å². The molecule has 19 heavy (non-hydrogen) atoms. The van der Waals surface area contributed by atoms with Crippen LogP contribution in [-0.4, -0.2) is 15.4 Å². The van der Waals surface area contributed by atoms with Gasteiger partial charge in [-0.15, -0.1) is 11.6 Å². The summed E-state index contributed by atoms with van der Waals surface area (Å²) in [4.78, 5) is 4.76. The van der Waals surface area contributed by atoms with Crippen LogP contribution < -0.4 is 0 Å². The second-order valence-corrected chi connectivity index (χ2v) is 6.43. The Kier molecular flexibility index (Phi) is 4.57. The largest absolute Gasteiger partial charge is 0.322 e. The fourth-order valence-electron chi connectivity index (χ4n) is 2.52. The number of hydrogen-bond acceptors (Lipinski definition) is 1. The normalized spacial score (nSPS) is 12.3. The van der Waals surface area contributed by atoms with Gasteiger partial charge in [0.2, 0.25) is 0 Å². The van der Waals surface area contributed by atoms with Crippen molar-refractivity contribution in [2.75, 3.05) is 5.88 Å². The molecule has 0 fully saturated rings. The van der Waals surface area contributed by atoms with Gasteiger partial charge < -0.3 is 4.57 Å². The van der Waals surface area contributed by atoms with E-state index in [1.54, 1.807) is 0 Å². The van der Waals surface area contributed by atoms with Gasteiger partial charge in [-0.1, -0.05) is 29.8 Å². The molecule has 2 aromatic rings. The zero-order valence-electron chi connectivity index (χ0n) is 11.7. The number of imidazole rings is 1. The van der Waals surface area contributed by atoms with Crippen LogP contribution in [0, 0.1) is 0 Å². The number of halogens is 2. The summed E-state index contributed by atoms with van der Waals surface area (Å²) in [6.07, 6.45) is 2.97. The van der Waals surface area contributed by atoms with Crippen molar-refractivity contribution in [2.45, 2.75) is 45.6 Å². The topological polar surface area (TPSA) is 17.8 Å². The van der Waals surface area contributed by atoms with Gasteiger partial charge in [0, 0.05) is 22.3 Å². The van der Waals surface area contributed by atoms with Gasteiger partial charge in [0.1, 0.15) is 5.82 Å². The molecule has 1 aromatic heterocycles. The molecule has 104 valence electrons. The first-order chi connectivity index (χ1) is 9.05. The monoisotopic (exact) mass is 342 g/mol. The Morgan fingerprint density at radius 3 is 2.58 bits per heavy atom. The summed E-state index contributed by atoms with van der Waals surface area (Å²) in [5, 5.41) is 0. The van der Waals surface area contributed by atoms with Crippen molar-refractivity contribution in [2.24, 2.45) is 0 Å². The van der Waals surface area contributed by atoms with Crippen LogP contribution in [0.3, 0.4) is 0 Å². The molecule has 0 radical (unpaired) electrons. The van der Waals surface area contributed by atoms with Crippen molar-refractivity contribution < 1.29 is 0 Å². The lowest BCUT2D eigenvalue weighted by Gasteiger charge is -2.31. The molecule has 0 bridgehead atoms. The van der Waals surface area contributed by atoms with Gasteiger partial charge in [0.05, 0.1) is 11.0 Å². The summed E-state index contributed by atoms with van der Waals surface area (Å²) in [5.74, 6) is 1.70. The van der Waals surface area contributed by atoms with E-state index in [-0.39, 0.29) is 5.54 Å². The van der Waals surface area contributed by atoms with Gasteiger partial charge in [0.15, 0.2) is 0 Å². The first-order valence-corrected chi connectivity index (χ1v) is 8.11. The molecule has 0 atom stereocenters. The molecular weight excluding hydrogens is 324 g/mol. The Balaban J connectivity index is 2.73. The highest BCUT2D eigenvalue weighted by Crippen LogP contribution is 2.32. The van der Waals surface area contributed by atoms with E-state index in [4.69, 9.17) is 16.6 Å². The van der Waals surface area contributed by atoms with E-state index in [0.29, 0.717) is 5.88 Å². The van der Waals surface area contributed by atoms with Crippen LogP contribution in [0.2, 0.25) is 0 Å². The molecule has 0 aliphatic heterocycles. The zero-order chi connectivity index (χ0) is 14.0. The zero-order valence-corrected chi connectivity index (χ0v) is 14.1. The van der Waals surface area contributed by atoms with Crippen molar-refractivity contribution >= 4 is 38.6 Å². The van der Waals surface area contributed by atoms with Crippen molar-refractivity contribution in [3.63, 3.8) is 0 Å². The Labute approximate surface area is 128 Å². The summed E-state index contributed by atoms with van der Waals surface area (Å²) in [7, 11) is 0. The molecule has 0 spiro atoms. The van der Waals surface area contributed by atoms with Crippen LogP contribution in [0.15, 0.2) is 22.7 Å². The fraction of sp³-hybridized carbons (Fsp3) is 0.533. The number of benzene rings is 1. The number of nitrogens with zero attached hydrogens (tertiary/aromatic N) is 2. The third kappa shape index (κ3) is 2.68. The van der Waals surface area contributed by atoms with E-state index < -0.39 is 0 Å². The molecule has 4 heteroatoms. The van der Waals surface area contributed by atoms with E-state index in [1.165, 1.54) is 5.52 Å². The molecule has 1 aromatic carbocycles. The minimum absolute atomic E-state index is 0.0942. The predicted octanol–water partition coefficient (Wildman–Crippen LogP) is 5.12. The average molecular weight is 344 g/mol. The predicted molar refractivity (Wildman–Crippen MR) is 86.1 cm³/mol. The maximum atomic E-state index is 5.94. The van der Waals surface area contributed by atoms with Gasteiger partial charge in [-0.25, -0.2) is 4.98 Å². The summed E-state index contributed by atoms with van der Waals surface area (Å²) in [6, 6.07) is 6.27. The Hall–Kier alpha value is -0.540. The first-order valence-electron chi connectivity index (χ1n) is 6.79. The van der Waals surface area contributed by atoms with E-state index in [0.717, 1.165) is 35.1 Å². The second kappa shape index (κ2) is 5.84. The maximum absolute atomic E-state index is 5.94.